The van der Waals surface area contributed by atoms with Crippen LogP contribution in [0.3, 0.4) is 0 Å². The Bertz CT molecular complexity index is 453. The van der Waals surface area contributed by atoms with Gasteiger partial charge in [0.05, 0.1) is 0 Å². The third kappa shape index (κ3) is 2.95. The molecule has 0 aromatic rings. The molecule has 118 valence electrons. The van der Waals surface area contributed by atoms with Crippen LogP contribution < -0.4 is 5.32 Å². The largest absolute Gasteiger partial charge is 0.385 e. The predicted octanol–water partition coefficient (Wildman–Crippen LogP) is 1.69. The summed E-state index contributed by atoms with van der Waals surface area (Å²) in [5.41, 5.74) is -1.26. The Balaban J connectivity index is 2.16. The van der Waals surface area contributed by atoms with E-state index in [1.165, 1.54) is 4.90 Å². The molecule has 21 heavy (non-hydrogen) atoms. The molecule has 2 aliphatic rings. The minimum Gasteiger partial charge on any atom is -0.385 e. The summed E-state index contributed by atoms with van der Waals surface area (Å²) in [4.78, 5) is 38.1. The van der Waals surface area contributed by atoms with Gasteiger partial charge in [-0.1, -0.05) is 26.7 Å². The quantitative estimate of drug-likeness (QED) is 0.783. The lowest BCUT2D eigenvalue weighted by molar-refractivity contribution is -0.152. The summed E-state index contributed by atoms with van der Waals surface area (Å²) in [7, 11) is 1.63. The van der Waals surface area contributed by atoms with Gasteiger partial charge in [-0.05, 0) is 24.7 Å². The van der Waals surface area contributed by atoms with Gasteiger partial charge < -0.3 is 4.74 Å². The van der Waals surface area contributed by atoms with E-state index in [2.05, 4.69) is 5.32 Å². The van der Waals surface area contributed by atoms with E-state index in [1.807, 2.05) is 13.8 Å². The molecule has 1 saturated carbocycles. The van der Waals surface area contributed by atoms with Gasteiger partial charge in [-0.3, -0.25) is 19.8 Å². The molecule has 1 spiro atoms. The first-order valence-corrected chi connectivity index (χ1v) is 7.49. The number of hydrogen-bond acceptors (Lipinski definition) is 4. The van der Waals surface area contributed by atoms with Crippen molar-refractivity contribution in [3.8, 4) is 0 Å². The molecule has 4 amide bonds. The Labute approximate surface area is 125 Å². The second-order valence-corrected chi connectivity index (χ2v) is 6.85. The topological polar surface area (TPSA) is 75.7 Å². The third-order valence-electron chi connectivity index (χ3n) is 4.58. The Morgan fingerprint density at radius 3 is 2.43 bits per heavy atom. The number of urea groups is 1. The van der Waals surface area contributed by atoms with E-state index in [0.717, 1.165) is 19.3 Å². The smallest absolute Gasteiger partial charge is 0.330 e. The summed E-state index contributed by atoms with van der Waals surface area (Å²) in [5, 5.41) is 2.37. The van der Waals surface area contributed by atoms with Crippen molar-refractivity contribution < 1.29 is 19.1 Å². The summed E-state index contributed by atoms with van der Waals surface area (Å²) in [6.45, 7) is 4.85. The van der Waals surface area contributed by atoms with Crippen molar-refractivity contribution in [1.82, 2.24) is 10.2 Å². The SMILES string of the molecule is COCCC(C)(C)CN1C(=O)NC(=O)C2(CCCC2)C1=O. The van der Waals surface area contributed by atoms with Crippen molar-refractivity contribution in [1.29, 1.82) is 0 Å². The zero-order valence-corrected chi connectivity index (χ0v) is 13.0. The summed E-state index contributed by atoms with van der Waals surface area (Å²) >= 11 is 0. The average molecular weight is 296 g/mol. The molecule has 2 rings (SSSR count). The van der Waals surface area contributed by atoms with Crippen LogP contribution in [0.25, 0.3) is 0 Å². The maximum atomic E-state index is 12.7. The minimum atomic E-state index is -1.01. The maximum absolute atomic E-state index is 12.7. The molecule has 0 aromatic heterocycles. The van der Waals surface area contributed by atoms with Crippen LogP contribution in [-0.2, 0) is 14.3 Å². The Morgan fingerprint density at radius 2 is 1.86 bits per heavy atom. The molecule has 1 saturated heterocycles. The number of methoxy groups -OCH3 is 1. The van der Waals surface area contributed by atoms with Gasteiger partial charge in [0, 0.05) is 20.3 Å². The van der Waals surface area contributed by atoms with Crippen molar-refractivity contribution in [3.63, 3.8) is 0 Å². The fourth-order valence-corrected chi connectivity index (χ4v) is 3.18. The van der Waals surface area contributed by atoms with Crippen molar-refractivity contribution in [2.24, 2.45) is 10.8 Å². The molecule has 0 aromatic carbocycles. The number of nitrogens with zero attached hydrogens (tertiary/aromatic N) is 1. The second kappa shape index (κ2) is 5.75. The Hall–Kier alpha value is -1.43. The average Bonchev–Trinajstić information content (AvgIpc) is 2.91. The minimum absolute atomic E-state index is 0.247. The molecule has 1 heterocycles. The molecule has 1 aliphatic carbocycles. The number of carbonyl (C=O) groups is 3. The van der Waals surface area contributed by atoms with Gasteiger partial charge in [0.1, 0.15) is 5.41 Å². The summed E-state index contributed by atoms with van der Waals surface area (Å²) in [6.07, 6.45) is 3.53. The first kappa shape index (κ1) is 15.9. The van der Waals surface area contributed by atoms with E-state index in [1.54, 1.807) is 7.11 Å². The van der Waals surface area contributed by atoms with Gasteiger partial charge in [-0.25, -0.2) is 4.79 Å². The van der Waals surface area contributed by atoms with Crippen molar-refractivity contribution in [3.05, 3.63) is 0 Å². The lowest BCUT2D eigenvalue weighted by atomic mass is 9.80. The number of amides is 4. The van der Waals surface area contributed by atoms with Crippen molar-refractivity contribution in [2.75, 3.05) is 20.3 Å². The van der Waals surface area contributed by atoms with Crippen LogP contribution in [0.5, 0.6) is 0 Å². The number of nitrogens with one attached hydrogen (secondary N) is 1. The van der Waals surface area contributed by atoms with Gasteiger partial charge in [0.2, 0.25) is 11.8 Å². The predicted molar refractivity (Wildman–Crippen MR) is 76.4 cm³/mol. The summed E-state index contributed by atoms with van der Waals surface area (Å²) < 4.78 is 5.07. The second-order valence-electron chi connectivity index (χ2n) is 6.85. The van der Waals surface area contributed by atoms with Crippen LogP contribution in [0.2, 0.25) is 0 Å². The molecule has 6 heteroatoms. The van der Waals surface area contributed by atoms with Crippen LogP contribution >= 0.6 is 0 Å². The van der Waals surface area contributed by atoms with Crippen LogP contribution in [0.15, 0.2) is 0 Å². The van der Waals surface area contributed by atoms with Crippen molar-refractivity contribution >= 4 is 17.8 Å². The van der Waals surface area contributed by atoms with E-state index in [-0.39, 0.29) is 11.3 Å². The van der Waals surface area contributed by atoms with E-state index in [4.69, 9.17) is 4.74 Å². The van der Waals surface area contributed by atoms with Gasteiger partial charge in [0.15, 0.2) is 0 Å². The molecule has 0 radical (unpaired) electrons. The van der Waals surface area contributed by atoms with E-state index in [9.17, 15) is 14.4 Å². The number of imide groups is 2. The highest BCUT2D eigenvalue weighted by atomic mass is 16.5. The zero-order valence-electron chi connectivity index (χ0n) is 13.0. The van der Waals surface area contributed by atoms with Gasteiger partial charge >= 0.3 is 6.03 Å². The summed E-state index contributed by atoms with van der Waals surface area (Å²) in [6, 6.07) is -0.590. The number of hydrogen-bond donors (Lipinski definition) is 1. The normalized spacial score (nSPS) is 22.0. The van der Waals surface area contributed by atoms with Gasteiger partial charge in [0.25, 0.3) is 0 Å². The number of carbonyl (C=O) groups excluding carboxylic acids is 3. The first-order chi connectivity index (χ1) is 9.82. The fraction of sp³-hybridized carbons (Fsp3) is 0.800. The molecule has 0 atom stereocenters. The fourth-order valence-electron chi connectivity index (χ4n) is 3.18. The molecule has 1 N–H and O–H groups in total. The maximum Gasteiger partial charge on any atom is 0.330 e. The van der Waals surface area contributed by atoms with Gasteiger partial charge in [-0.2, -0.15) is 0 Å². The first-order valence-electron chi connectivity index (χ1n) is 7.49. The monoisotopic (exact) mass is 296 g/mol. The van der Waals surface area contributed by atoms with Crippen LogP contribution in [0, 0.1) is 10.8 Å². The summed E-state index contributed by atoms with van der Waals surface area (Å²) in [5.74, 6) is -0.736. The Morgan fingerprint density at radius 1 is 1.24 bits per heavy atom. The van der Waals surface area contributed by atoms with Gasteiger partial charge in [-0.15, -0.1) is 0 Å². The zero-order chi connectivity index (χ0) is 15.7. The highest BCUT2D eigenvalue weighted by Gasteiger charge is 2.55. The number of barbiturate groups is 1. The lowest BCUT2D eigenvalue weighted by Crippen LogP contribution is -2.64. The van der Waals surface area contributed by atoms with Crippen molar-refractivity contribution in [2.45, 2.75) is 46.0 Å². The Kier molecular flexibility index (Phi) is 4.37. The van der Waals surface area contributed by atoms with E-state index in [0.29, 0.717) is 26.0 Å². The highest BCUT2D eigenvalue weighted by molar-refractivity contribution is 6.19. The molecule has 2 fully saturated rings. The molecule has 0 bridgehead atoms. The van der Waals surface area contributed by atoms with Crippen LogP contribution in [0.1, 0.15) is 46.0 Å². The molecule has 6 nitrogen and oxygen atoms in total. The molecular formula is C15H24N2O4. The lowest BCUT2D eigenvalue weighted by Gasteiger charge is -2.40. The molecule has 0 unspecified atom stereocenters. The molecule has 1 aliphatic heterocycles. The number of rotatable bonds is 5. The van der Waals surface area contributed by atoms with Crippen LogP contribution in [-0.4, -0.2) is 43.0 Å². The third-order valence-corrected chi connectivity index (χ3v) is 4.58. The highest BCUT2D eigenvalue weighted by Crippen LogP contribution is 2.42. The standard InChI is InChI=1S/C15H24N2O4/c1-14(2,8-9-21-3)10-17-12(19)15(6-4-5-7-15)11(18)16-13(17)20/h4-10H2,1-3H3,(H,16,18,20). The van der Waals surface area contributed by atoms with E-state index >= 15 is 0 Å². The molecular weight excluding hydrogens is 272 g/mol. The van der Waals surface area contributed by atoms with Crippen LogP contribution in [0.4, 0.5) is 4.79 Å². The number of ether oxygens (including phenoxy) is 1. The van der Waals surface area contributed by atoms with E-state index < -0.39 is 17.4 Å².